The number of nitrogens with one attached hydrogen (secondary N) is 1. The highest BCUT2D eigenvalue weighted by atomic mass is 35.5. The molecule has 1 amide bonds. The molecule has 2 rings (SSSR count). The summed E-state index contributed by atoms with van der Waals surface area (Å²) in [5.74, 6) is 1.48. The fourth-order valence-corrected chi connectivity index (χ4v) is 2.11. The van der Waals surface area contributed by atoms with Crippen LogP contribution < -0.4 is 14.5 Å². The third kappa shape index (κ3) is 2.65. The number of carbonyl (C=O) groups excluding carboxylic acids is 1. The van der Waals surface area contributed by atoms with Gasteiger partial charge in [-0.05, 0) is 18.2 Å². The second kappa shape index (κ2) is 5.29. The molecule has 7 heteroatoms. The second-order valence-corrected chi connectivity index (χ2v) is 4.29. The van der Waals surface area contributed by atoms with Crippen LogP contribution in [0.15, 0.2) is 23.3 Å². The van der Waals surface area contributed by atoms with E-state index in [4.69, 9.17) is 16.6 Å². The van der Waals surface area contributed by atoms with Crippen LogP contribution in [0.25, 0.3) is 0 Å². The number of rotatable bonds is 3. The van der Waals surface area contributed by atoms with Crippen molar-refractivity contribution in [1.29, 1.82) is 0 Å². The number of methoxy groups -OCH3 is 1. The number of amides is 1. The van der Waals surface area contributed by atoms with E-state index in [0.717, 1.165) is 11.3 Å². The minimum atomic E-state index is -0.151. The van der Waals surface area contributed by atoms with Gasteiger partial charge < -0.3 is 9.03 Å². The van der Waals surface area contributed by atoms with Gasteiger partial charge in [0.05, 0.1) is 12.8 Å². The summed E-state index contributed by atoms with van der Waals surface area (Å²) in [5, 5.41) is 3.83. The summed E-state index contributed by atoms with van der Waals surface area (Å²) in [6.45, 7) is 0. The third-order valence-electron chi connectivity index (χ3n) is 2.20. The summed E-state index contributed by atoms with van der Waals surface area (Å²) in [5.41, 5.74) is 4.04. The van der Waals surface area contributed by atoms with Gasteiger partial charge in [0, 0.05) is 11.3 Å². The lowest BCUT2D eigenvalue weighted by molar-refractivity contribution is 0.261. The molecular weight excluding hydrogens is 264 g/mol. The van der Waals surface area contributed by atoms with Crippen molar-refractivity contribution in [2.24, 2.45) is 5.10 Å². The van der Waals surface area contributed by atoms with Gasteiger partial charge in [0.15, 0.2) is 11.5 Å². The van der Waals surface area contributed by atoms with Crippen LogP contribution in [-0.2, 0) is 0 Å². The zero-order valence-electron chi connectivity index (χ0n) is 8.90. The highest BCUT2D eigenvalue weighted by Gasteiger charge is 2.15. The van der Waals surface area contributed by atoms with Crippen molar-refractivity contribution < 1.29 is 13.8 Å². The first-order valence-electron chi connectivity index (χ1n) is 4.71. The average Bonchev–Trinajstić information content (AvgIpc) is 2.39. The first kappa shape index (κ1) is 12.1. The van der Waals surface area contributed by atoms with Gasteiger partial charge in [0.25, 0.3) is 5.24 Å². The van der Waals surface area contributed by atoms with Crippen molar-refractivity contribution in [3.8, 4) is 11.5 Å². The van der Waals surface area contributed by atoms with E-state index in [9.17, 15) is 4.79 Å². The summed E-state index contributed by atoms with van der Waals surface area (Å²) >= 11 is 6.46. The molecule has 0 spiro atoms. The van der Waals surface area contributed by atoms with Gasteiger partial charge in [-0.1, -0.05) is 11.8 Å². The molecule has 1 aliphatic heterocycles. The molecule has 1 aliphatic rings. The van der Waals surface area contributed by atoms with Gasteiger partial charge in [0.2, 0.25) is 0 Å². The summed E-state index contributed by atoms with van der Waals surface area (Å²) in [6.07, 6.45) is 0. The van der Waals surface area contributed by atoms with Gasteiger partial charge in [-0.3, -0.25) is 4.79 Å². The van der Waals surface area contributed by atoms with Crippen LogP contribution >= 0.6 is 23.6 Å². The molecule has 0 unspecified atom stereocenters. The number of halogens is 1. The van der Waals surface area contributed by atoms with E-state index >= 15 is 0 Å². The van der Waals surface area contributed by atoms with Crippen LogP contribution in [0.2, 0.25) is 0 Å². The largest absolute Gasteiger partial charge is 0.493 e. The van der Waals surface area contributed by atoms with Gasteiger partial charge >= 0.3 is 0 Å². The Morgan fingerprint density at radius 3 is 2.88 bits per heavy atom. The monoisotopic (exact) mass is 272 g/mol. The SMILES string of the molecule is COc1cc(C2=NNC(=O)SC2)ccc1OCl. The molecule has 0 bridgehead atoms. The summed E-state index contributed by atoms with van der Waals surface area (Å²) in [4.78, 5) is 10.9. The van der Waals surface area contributed by atoms with Crippen LogP contribution in [0.1, 0.15) is 5.56 Å². The van der Waals surface area contributed by atoms with Crippen LogP contribution in [0, 0.1) is 0 Å². The van der Waals surface area contributed by atoms with Gasteiger partial charge in [-0.2, -0.15) is 5.10 Å². The average molecular weight is 273 g/mol. The molecular formula is C10H9ClN2O3S. The van der Waals surface area contributed by atoms with Gasteiger partial charge in [-0.15, -0.1) is 0 Å². The Hall–Kier alpha value is -1.40. The molecule has 1 aromatic carbocycles. The molecule has 0 fully saturated rings. The van der Waals surface area contributed by atoms with E-state index in [1.165, 1.54) is 18.9 Å². The van der Waals surface area contributed by atoms with Crippen LogP contribution in [-0.4, -0.2) is 23.8 Å². The van der Waals surface area contributed by atoms with Gasteiger partial charge in [-0.25, -0.2) is 5.43 Å². The van der Waals surface area contributed by atoms with Crippen LogP contribution in [0.4, 0.5) is 4.79 Å². The number of nitrogens with zero attached hydrogens (tertiary/aromatic N) is 1. The van der Waals surface area contributed by atoms with Crippen molar-refractivity contribution in [2.75, 3.05) is 12.9 Å². The van der Waals surface area contributed by atoms with Crippen molar-refractivity contribution in [2.45, 2.75) is 0 Å². The van der Waals surface area contributed by atoms with Crippen molar-refractivity contribution in [1.82, 2.24) is 5.43 Å². The fraction of sp³-hybridized carbons (Fsp3) is 0.200. The molecule has 0 saturated heterocycles. The molecule has 1 aromatic rings. The van der Waals surface area contributed by atoms with Gasteiger partial charge in [0.1, 0.15) is 11.9 Å². The number of hydrazone groups is 1. The first-order valence-corrected chi connectivity index (χ1v) is 6.00. The minimum Gasteiger partial charge on any atom is -0.493 e. The Morgan fingerprint density at radius 2 is 2.29 bits per heavy atom. The Morgan fingerprint density at radius 1 is 1.47 bits per heavy atom. The summed E-state index contributed by atoms with van der Waals surface area (Å²) < 4.78 is 9.76. The standard InChI is InChI=1S/C10H9ClN2O3S/c1-15-9-4-6(2-3-8(9)16-11)7-5-17-10(14)13-12-7/h2-4H,5H2,1H3,(H,13,14). The van der Waals surface area contributed by atoms with Crippen LogP contribution in [0.5, 0.6) is 11.5 Å². The maximum atomic E-state index is 10.9. The van der Waals surface area contributed by atoms with Crippen molar-refractivity contribution in [3.05, 3.63) is 23.8 Å². The number of carbonyl (C=O) groups is 1. The molecule has 5 nitrogen and oxygen atoms in total. The first-order chi connectivity index (χ1) is 8.24. The van der Waals surface area contributed by atoms with E-state index < -0.39 is 0 Å². The number of benzene rings is 1. The summed E-state index contributed by atoms with van der Waals surface area (Å²) in [6, 6.07) is 5.25. The molecule has 0 radical (unpaired) electrons. The molecule has 1 N–H and O–H groups in total. The fourth-order valence-electron chi connectivity index (χ4n) is 1.37. The lowest BCUT2D eigenvalue weighted by atomic mass is 10.1. The van der Waals surface area contributed by atoms with E-state index in [1.54, 1.807) is 18.2 Å². The molecule has 0 aliphatic carbocycles. The number of hydrogen-bond donors (Lipinski definition) is 1. The Kier molecular flexibility index (Phi) is 3.75. The molecule has 17 heavy (non-hydrogen) atoms. The quantitative estimate of drug-likeness (QED) is 0.918. The molecule has 90 valence electrons. The third-order valence-corrected chi connectivity index (χ3v) is 3.14. The highest BCUT2D eigenvalue weighted by molar-refractivity contribution is 8.14. The van der Waals surface area contributed by atoms with Crippen molar-refractivity contribution >= 4 is 34.6 Å². The molecule has 0 atom stereocenters. The predicted molar refractivity (Wildman–Crippen MR) is 67.0 cm³/mol. The van der Waals surface area contributed by atoms with E-state index in [0.29, 0.717) is 17.3 Å². The lowest BCUT2D eigenvalue weighted by Gasteiger charge is -2.13. The summed E-state index contributed by atoms with van der Waals surface area (Å²) in [7, 11) is 1.53. The number of hydrogen-bond acceptors (Lipinski definition) is 5. The smallest absolute Gasteiger partial charge is 0.299 e. The van der Waals surface area contributed by atoms with E-state index in [-0.39, 0.29) is 5.24 Å². The van der Waals surface area contributed by atoms with E-state index in [1.807, 2.05) is 0 Å². The maximum absolute atomic E-state index is 10.9. The Labute approximate surface area is 107 Å². The Bertz CT molecular complexity index is 479. The Balaban J connectivity index is 2.30. The normalized spacial score (nSPS) is 14.9. The van der Waals surface area contributed by atoms with Crippen LogP contribution in [0.3, 0.4) is 0 Å². The minimum absolute atomic E-state index is 0.151. The topological polar surface area (TPSA) is 59.9 Å². The predicted octanol–water partition coefficient (Wildman–Crippen LogP) is 2.39. The zero-order valence-corrected chi connectivity index (χ0v) is 10.5. The maximum Gasteiger partial charge on any atom is 0.299 e. The molecule has 1 heterocycles. The van der Waals surface area contributed by atoms with E-state index in [2.05, 4.69) is 14.8 Å². The number of thioether (sulfide) groups is 1. The molecule has 0 saturated carbocycles. The highest BCUT2D eigenvalue weighted by Crippen LogP contribution is 2.29. The lowest BCUT2D eigenvalue weighted by Crippen LogP contribution is -2.23. The number of ether oxygens (including phenoxy) is 1. The molecule has 0 aromatic heterocycles. The van der Waals surface area contributed by atoms with Crippen molar-refractivity contribution in [3.63, 3.8) is 0 Å². The zero-order chi connectivity index (χ0) is 12.3. The second-order valence-electron chi connectivity index (χ2n) is 3.19.